The highest BCUT2D eigenvalue weighted by Gasteiger charge is 2.32. The molecule has 0 spiro atoms. The van der Waals surface area contributed by atoms with Crippen molar-refractivity contribution in [1.82, 2.24) is 14.5 Å². The number of amides is 1. The molecule has 4 rings (SSSR count). The van der Waals surface area contributed by atoms with E-state index in [1.54, 1.807) is 35.9 Å². The lowest BCUT2D eigenvalue weighted by Gasteiger charge is -2.22. The third kappa shape index (κ3) is 5.65. The van der Waals surface area contributed by atoms with Gasteiger partial charge in [-0.15, -0.1) is 0 Å². The molecule has 0 saturated carbocycles. The summed E-state index contributed by atoms with van der Waals surface area (Å²) >= 11 is 0. The Labute approximate surface area is 209 Å². The highest BCUT2D eigenvalue weighted by molar-refractivity contribution is 5.94. The van der Waals surface area contributed by atoms with Gasteiger partial charge in [-0.2, -0.15) is 13.2 Å². The summed E-state index contributed by atoms with van der Waals surface area (Å²) in [6, 6.07) is 12.9. The number of aromatic nitrogens is 3. The van der Waals surface area contributed by atoms with Crippen LogP contribution in [0.25, 0.3) is 11.0 Å². The Bertz CT molecular complexity index is 1420. The van der Waals surface area contributed by atoms with Crippen molar-refractivity contribution in [2.24, 2.45) is 12.5 Å². The number of hydrogen-bond donors (Lipinski definition) is 4. The molecule has 194 valence electrons. The molecule has 2 aromatic heterocycles. The van der Waals surface area contributed by atoms with Gasteiger partial charge in [0.05, 0.1) is 35.2 Å². The minimum atomic E-state index is -4.41. The van der Waals surface area contributed by atoms with Crippen LogP contribution in [0.2, 0.25) is 0 Å². The second kappa shape index (κ2) is 10.1. The fourth-order valence-electron chi connectivity index (χ4n) is 3.37. The van der Waals surface area contributed by atoms with Crippen molar-refractivity contribution in [2.45, 2.75) is 13.1 Å². The fraction of sp³-hybridized carbons (Fsp3) is 0.240. The summed E-state index contributed by atoms with van der Waals surface area (Å²) in [4.78, 5) is 20.9. The van der Waals surface area contributed by atoms with Crippen molar-refractivity contribution in [3.8, 4) is 11.5 Å². The second-order valence-electron chi connectivity index (χ2n) is 8.65. The lowest BCUT2D eigenvalue weighted by atomic mass is 9.92. The maximum Gasteiger partial charge on any atom is 0.416 e. The van der Waals surface area contributed by atoms with E-state index in [-0.39, 0.29) is 5.82 Å². The van der Waals surface area contributed by atoms with Gasteiger partial charge in [-0.3, -0.25) is 4.79 Å². The van der Waals surface area contributed by atoms with Crippen LogP contribution in [-0.2, 0) is 18.0 Å². The van der Waals surface area contributed by atoms with Crippen LogP contribution in [0, 0.1) is 5.41 Å². The van der Waals surface area contributed by atoms with Crippen LogP contribution in [0.1, 0.15) is 12.5 Å². The van der Waals surface area contributed by atoms with Gasteiger partial charge in [0, 0.05) is 31.1 Å². The monoisotopic (exact) mass is 515 g/mol. The Balaban J connectivity index is 1.50. The van der Waals surface area contributed by atoms with Gasteiger partial charge in [0.2, 0.25) is 11.9 Å². The SMILES string of the molecule is Cn1c(Nc2ccc(C(F)(F)F)cc2)nc2cc(Oc3ccnc(NC(=O)C(C)(CO)CO)c3)ccc21. The zero-order valence-electron chi connectivity index (χ0n) is 19.9. The molecule has 9 nitrogen and oxygen atoms in total. The predicted octanol–water partition coefficient (Wildman–Crippen LogP) is 4.45. The van der Waals surface area contributed by atoms with E-state index in [0.717, 1.165) is 17.6 Å². The van der Waals surface area contributed by atoms with Gasteiger partial charge in [-0.1, -0.05) is 0 Å². The van der Waals surface area contributed by atoms with Gasteiger partial charge in [-0.25, -0.2) is 9.97 Å². The lowest BCUT2D eigenvalue weighted by molar-refractivity contribution is -0.137. The molecule has 4 N–H and O–H groups in total. The number of fused-ring (bicyclic) bond motifs is 1. The molecular weight excluding hydrogens is 491 g/mol. The van der Waals surface area contributed by atoms with Crippen LogP contribution in [-0.4, -0.2) is 43.9 Å². The standard InChI is InChI=1S/C25H24F3N5O4/c1-24(13-34,14-35)22(36)32-21-12-18(9-10-29-21)37-17-7-8-20-19(11-17)31-23(33(20)2)30-16-5-3-15(4-6-16)25(26,27)28/h3-12,34-35H,13-14H2,1-2H3,(H,30,31)(H,29,32,36). The summed E-state index contributed by atoms with van der Waals surface area (Å²) in [5.74, 6) is 0.837. The van der Waals surface area contributed by atoms with Gasteiger partial charge < -0.3 is 30.2 Å². The van der Waals surface area contributed by atoms with Crippen LogP contribution in [0.4, 0.5) is 30.6 Å². The molecule has 0 radical (unpaired) electrons. The largest absolute Gasteiger partial charge is 0.457 e. The molecule has 0 saturated heterocycles. The number of ether oxygens (including phenoxy) is 1. The zero-order valence-corrected chi connectivity index (χ0v) is 19.9. The number of nitrogens with one attached hydrogen (secondary N) is 2. The minimum absolute atomic E-state index is 0.178. The molecule has 1 amide bonds. The van der Waals surface area contributed by atoms with Crippen molar-refractivity contribution in [3.63, 3.8) is 0 Å². The molecular formula is C25H24F3N5O4. The molecule has 0 bridgehead atoms. The number of carbonyl (C=O) groups excluding carboxylic acids is 1. The number of aliphatic hydroxyl groups excluding tert-OH is 2. The molecule has 0 atom stereocenters. The topological polar surface area (TPSA) is 122 Å². The molecule has 37 heavy (non-hydrogen) atoms. The Hall–Kier alpha value is -4.16. The number of aryl methyl sites for hydroxylation is 1. The molecule has 0 fully saturated rings. The Morgan fingerprint density at radius 3 is 2.35 bits per heavy atom. The van der Waals surface area contributed by atoms with E-state index in [0.29, 0.717) is 28.7 Å². The van der Waals surface area contributed by atoms with Crippen LogP contribution < -0.4 is 15.4 Å². The first kappa shape index (κ1) is 25.9. The van der Waals surface area contributed by atoms with Crippen LogP contribution in [0.15, 0.2) is 60.8 Å². The molecule has 0 aliphatic heterocycles. The third-order valence-corrected chi connectivity index (χ3v) is 5.78. The average Bonchev–Trinajstić information content (AvgIpc) is 3.17. The van der Waals surface area contributed by atoms with E-state index in [1.165, 1.54) is 31.3 Å². The number of anilines is 3. The molecule has 2 aromatic carbocycles. The first-order chi connectivity index (χ1) is 17.5. The minimum Gasteiger partial charge on any atom is -0.457 e. The van der Waals surface area contributed by atoms with E-state index in [2.05, 4.69) is 20.6 Å². The van der Waals surface area contributed by atoms with Crippen molar-refractivity contribution in [2.75, 3.05) is 23.8 Å². The molecule has 4 aromatic rings. The van der Waals surface area contributed by atoms with Gasteiger partial charge in [0.25, 0.3) is 0 Å². The summed E-state index contributed by atoms with van der Waals surface area (Å²) in [6.45, 7) is 0.349. The number of carbonyl (C=O) groups is 1. The Kier molecular flexibility index (Phi) is 7.05. The average molecular weight is 515 g/mol. The van der Waals surface area contributed by atoms with E-state index in [9.17, 15) is 28.2 Å². The highest BCUT2D eigenvalue weighted by Crippen LogP contribution is 2.32. The predicted molar refractivity (Wildman–Crippen MR) is 131 cm³/mol. The summed E-state index contributed by atoms with van der Waals surface area (Å²) in [6.07, 6.45) is -2.97. The first-order valence-corrected chi connectivity index (χ1v) is 11.1. The molecule has 0 aliphatic carbocycles. The normalized spacial score (nSPS) is 12.0. The van der Waals surface area contributed by atoms with Crippen LogP contribution in [0.5, 0.6) is 11.5 Å². The van der Waals surface area contributed by atoms with Crippen molar-refractivity contribution < 1.29 is 32.9 Å². The number of benzene rings is 2. The van der Waals surface area contributed by atoms with Gasteiger partial charge >= 0.3 is 6.18 Å². The van der Waals surface area contributed by atoms with Crippen molar-refractivity contribution in [1.29, 1.82) is 0 Å². The Morgan fingerprint density at radius 1 is 1.03 bits per heavy atom. The smallest absolute Gasteiger partial charge is 0.416 e. The first-order valence-electron chi connectivity index (χ1n) is 11.1. The fourth-order valence-corrected chi connectivity index (χ4v) is 3.37. The zero-order chi connectivity index (χ0) is 26.8. The number of pyridine rings is 1. The van der Waals surface area contributed by atoms with E-state index >= 15 is 0 Å². The number of nitrogens with zero attached hydrogens (tertiary/aromatic N) is 3. The number of aliphatic hydroxyl groups is 2. The number of rotatable bonds is 8. The summed E-state index contributed by atoms with van der Waals surface area (Å²) in [5, 5.41) is 24.4. The number of halogens is 3. The molecule has 0 aliphatic rings. The maximum atomic E-state index is 12.8. The van der Waals surface area contributed by atoms with Crippen LogP contribution in [0.3, 0.4) is 0 Å². The van der Waals surface area contributed by atoms with Gasteiger partial charge in [0.15, 0.2) is 0 Å². The quantitative estimate of drug-likeness (QED) is 0.274. The van der Waals surface area contributed by atoms with E-state index in [1.807, 2.05) is 0 Å². The number of alkyl halides is 3. The lowest BCUT2D eigenvalue weighted by Crippen LogP contribution is -2.40. The number of hydrogen-bond acceptors (Lipinski definition) is 7. The summed E-state index contributed by atoms with van der Waals surface area (Å²) < 4.78 is 46.1. The van der Waals surface area contributed by atoms with E-state index < -0.39 is 36.3 Å². The Morgan fingerprint density at radius 2 is 1.70 bits per heavy atom. The number of imidazole rings is 1. The summed E-state index contributed by atoms with van der Waals surface area (Å²) in [7, 11) is 1.77. The van der Waals surface area contributed by atoms with Crippen LogP contribution >= 0.6 is 0 Å². The third-order valence-electron chi connectivity index (χ3n) is 5.78. The maximum absolute atomic E-state index is 12.8. The molecule has 12 heteroatoms. The van der Waals surface area contributed by atoms with Crippen molar-refractivity contribution in [3.05, 3.63) is 66.4 Å². The summed E-state index contributed by atoms with van der Waals surface area (Å²) in [5.41, 5.74) is -0.308. The molecule has 0 unspecified atom stereocenters. The molecule has 2 heterocycles. The van der Waals surface area contributed by atoms with Crippen molar-refractivity contribution >= 4 is 34.4 Å². The highest BCUT2D eigenvalue weighted by atomic mass is 19.4. The van der Waals surface area contributed by atoms with Gasteiger partial charge in [-0.05, 0) is 49.4 Å². The van der Waals surface area contributed by atoms with Gasteiger partial charge in [0.1, 0.15) is 17.3 Å². The van der Waals surface area contributed by atoms with E-state index in [4.69, 9.17) is 4.74 Å². The second-order valence-corrected chi connectivity index (χ2v) is 8.65.